The fraction of sp³-hybridized carbons (Fsp3) is 0.278. The van der Waals surface area contributed by atoms with Gasteiger partial charge in [-0.25, -0.2) is 0 Å². The molecule has 4 aromatic carbocycles. The molecule has 0 spiro atoms. The number of hydrogen-bond acceptors (Lipinski definition) is 4. The Balaban J connectivity index is 1.82. The van der Waals surface area contributed by atoms with Crippen molar-refractivity contribution in [2.24, 2.45) is 0 Å². The smallest absolute Gasteiger partial charge is 0.207 e. The van der Waals surface area contributed by atoms with Gasteiger partial charge in [0.15, 0.2) is 5.78 Å². The number of carbonyl (C=O) groups is 2. The molecule has 5 nitrogen and oxygen atoms in total. The quantitative estimate of drug-likeness (QED) is 0.183. The number of benzene rings is 4. The maximum absolute atomic E-state index is 14.3. The third-order valence-corrected chi connectivity index (χ3v) is 7.55. The van der Waals surface area contributed by atoms with E-state index in [4.69, 9.17) is 4.74 Å². The summed E-state index contributed by atoms with van der Waals surface area (Å²) in [4.78, 5) is 26.3. The van der Waals surface area contributed by atoms with Gasteiger partial charge in [0, 0.05) is 13.0 Å². The van der Waals surface area contributed by atoms with Crippen LogP contribution in [0.4, 0.5) is 0 Å². The molecule has 0 radical (unpaired) electrons. The van der Waals surface area contributed by atoms with E-state index in [1.165, 1.54) is 0 Å². The maximum atomic E-state index is 14.3. The number of hydrogen-bond donors (Lipinski definition) is 2. The highest BCUT2D eigenvalue weighted by Gasteiger charge is 2.29. The molecule has 0 aliphatic heterocycles. The van der Waals surface area contributed by atoms with Crippen LogP contribution in [0.5, 0.6) is 5.75 Å². The lowest BCUT2D eigenvalue weighted by molar-refractivity contribution is -0.124. The van der Waals surface area contributed by atoms with E-state index >= 15 is 0 Å². The number of aliphatic hydroxyl groups is 1. The zero-order valence-corrected chi connectivity index (χ0v) is 24.3. The lowest BCUT2D eigenvalue weighted by Gasteiger charge is -2.26. The van der Waals surface area contributed by atoms with Gasteiger partial charge < -0.3 is 15.2 Å². The highest BCUT2D eigenvalue weighted by atomic mass is 16.5. The summed E-state index contributed by atoms with van der Waals surface area (Å²) in [6, 6.07) is 30.9. The molecule has 212 valence electrons. The van der Waals surface area contributed by atoms with E-state index in [9.17, 15) is 14.7 Å². The summed E-state index contributed by atoms with van der Waals surface area (Å²) < 4.78 is 5.60. The first kappa shape index (κ1) is 29.8. The van der Waals surface area contributed by atoms with Gasteiger partial charge in [-0.3, -0.25) is 9.59 Å². The van der Waals surface area contributed by atoms with Crippen LogP contribution in [0.2, 0.25) is 0 Å². The Labute approximate surface area is 243 Å². The fourth-order valence-electron chi connectivity index (χ4n) is 5.33. The SMILES string of the molecule is COc1cc(C(CCO)CC(=O)C(NC=O)c2c(-c3ccccc3)cccc2-c2ccccc2)cc(C(C)(C)C)c1. The molecule has 2 N–H and O–H groups in total. The largest absolute Gasteiger partial charge is 0.497 e. The molecule has 0 saturated heterocycles. The van der Waals surface area contributed by atoms with Gasteiger partial charge in [-0.2, -0.15) is 0 Å². The summed E-state index contributed by atoms with van der Waals surface area (Å²) >= 11 is 0. The number of rotatable bonds is 12. The van der Waals surface area contributed by atoms with Crippen LogP contribution in [0.25, 0.3) is 22.3 Å². The van der Waals surface area contributed by atoms with Crippen LogP contribution in [0, 0.1) is 0 Å². The molecule has 0 aromatic heterocycles. The molecule has 1 amide bonds. The number of amides is 1. The van der Waals surface area contributed by atoms with Crippen LogP contribution in [0.3, 0.4) is 0 Å². The number of methoxy groups -OCH3 is 1. The highest BCUT2D eigenvalue weighted by Crippen LogP contribution is 2.39. The topological polar surface area (TPSA) is 75.6 Å². The number of carbonyl (C=O) groups excluding carboxylic acids is 2. The number of aliphatic hydroxyl groups excluding tert-OH is 1. The van der Waals surface area contributed by atoms with Crippen molar-refractivity contribution in [3.8, 4) is 28.0 Å². The van der Waals surface area contributed by atoms with E-state index in [0.717, 1.165) is 38.9 Å². The molecule has 0 aliphatic carbocycles. The average Bonchev–Trinajstić information content (AvgIpc) is 2.99. The molecular formula is C36H39NO4. The Morgan fingerprint density at radius 3 is 1.95 bits per heavy atom. The lowest BCUT2D eigenvalue weighted by atomic mass is 9.80. The summed E-state index contributed by atoms with van der Waals surface area (Å²) in [7, 11) is 1.63. The van der Waals surface area contributed by atoms with Crippen molar-refractivity contribution in [2.45, 2.75) is 51.0 Å². The van der Waals surface area contributed by atoms with Crippen molar-refractivity contribution in [2.75, 3.05) is 13.7 Å². The summed E-state index contributed by atoms with van der Waals surface area (Å²) in [5, 5.41) is 12.9. The second-order valence-corrected chi connectivity index (χ2v) is 11.3. The number of nitrogens with one attached hydrogen (secondary N) is 1. The predicted molar refractivity (Wildman–Crippen MR) is 165 cm³/mol. The van der Waals surface area contributed by atoms with Gasteiger partial charge in [-0.05, 0) is 68.8 Å². The van der Waals surface area contributed by atoms with Crippen molar-refractivity contribution in [3.63, 3.8) is 0 Å². The normalized spacial score (nSPS) is 12.8. The first-order valence-electron chi connectivity index (χ1n) is 14.0. The number of Topliss-reactive ketones (excluding diaryl/α,β-unsaturated/α-hetero) is 1. The van der Waals surface area contributed by atoms with E-state index in [0.29, 0.717) is 18.6 Å². The van der Waals surface area contributed by atoms with Gasteiger partial charge in [-0.15, -0.1) is 0 Å². The van der Waals surface area contributed by atoms with Gasteiger partial charge >= 0.3 is 0 Å². The van der Waals surface area contributed by atoms with Crippen LogP contribution in [-0.2, 0) is 15.0 Å². The molecule has 0 bridgehead atoms. The van der Waals surface area contributed by atoms with Crippen molar-refractivity contribution in [1.82, 2.24) is 5.32 Å². The fourth-order valence-corrected chi connectivity index (χ4v) is 5.33. The molecule has 0 heterocycles. The van der Waals surface area contributed by atoms with Crippen LogP contribution >= 0.6 is 0 Å². The second-order valence-electron chi connectivity index (χ2n) is 11.3. The standard InChI is InChI=1S/C36H39NO4/c1-36(2,3)29-20-28(21-30(23-29)41-4)27(18-19-38)22-33(40)35(37-24-39)34-31(25-12-7-5-8-13-25)16-11-17-32(34)26-14-9-6-10-15-26/h5-17,20-21,23-24,27,35,38H,18-19,22H2,1-4H3,(H,37,39). The van der Waals surface area contributed by atoms with Crippen molar-refractivity contribution < 1.29 is 19.4 Å². The van der Waals surface area contributed by atoms with Crippen LogP contribution < -0.4 is 10.1 Å². The van der Waals surface area contributed by atoms with E-state index in [2.05, 4.69) is 32.2 Å². The molecular weight excluding hydrogens is 510 g/mol. The van der Waals surface area contributed by atoms with Crippen molar-refractivity contribution in [3.05, 3.63) is 114 Å². The lowest BCUT2D eigenvalue weighted by Crippen LogP contribution is -2.30. The zero-order chi connectivity index (χ0) is 29.4. The first-order valence-corrected chi connectivity index (χ1v) is 14.0. The zero-order valence-electron chi connectivity index (χ0n) is 24.3. The van der Waals surface area contributed by atoms with E-state index in [-0.39, 0.29) is 30.1 Å². The Kier molecular flexibility index (Phi) is 9.74. The van der Waals surface area contributed by atoms with Crippen molar-refractivity contribution in [1.29, 1.82) is 0 Å². The van der Waals surface area contributed by atoms with Crippen LogP contribution in [0.1, 0.15) is 62.3 Å². The van der Waals surface area contributed by atoms with Gasteiger partial charge in [0.1, 0.15) is 11.8 Å². The van der Waals surface area contributed by atoms with Gasteiger partial charge in [0.05, 0.1) is 7.11 Å². The highest BCUT2D eigenvalue weighted by molar-refractivity contribution is 5.93. The minimum absolute atomic E-state index is 0.0678. The summed E-state index contributed by atoms with van der Waals surface area (Å²) in [6.07, 6.45) is 1.14. The van der Waals surface area contributed by atoms with Crippen LogP contribution in [0.15, 0.2) is 97.1 Å². The maximum Gasteiger partial charge on any atom is 0.207 e. The number of ether oxygens (including phenoxy) is 1. The molecule has 2 unspecified atom stereocenters. The van der Waals surface area contributed by atoms with E-state index in [1.54, 1.807) is 7.11 Å². The molecule has 4 aromatic rings. The summed E-state index contributed by atoms with van der Waals surface area (Å²) in [5.74, 6) is 0.325. The second kappa shape index (κ2) is 13.4. The van der Waals surface area contributed by atoms with E-state index < -0.39 is 6.04 Å². The third-order valence-electron chi connectivity index (χ3n) is 7.55. The molecule has 0 saturated carbocycles. The van der Waals surface area contributed by atoms with Gasteiger partial charge in [0.25, 0.3) is 0 Å². The van der Waals surface area contributed by atoms with Crippen molar-refractivity contribution >= 4 is 12.2 Å². The molecule has 0 aliphatic rings. The minimum Gasteiger partial charge on any atom is -0.497 e. The summed E-state index contributed by atoms with van der Waals surface area (Å²) in [6.45, 7) is 6.33. The van der Waals surface area contributed by atoms with E-state index in [1.807, 2.05) is 91.0 Å². The first-order chi connectivity index (χ1) is 19.8. The predicted octanol–water partition coefficient (Wildman–Crippen LogP) is 7.24. The Hall–Kier alpha value is -4.22. The van der Waals surface area contributed by atoms with Gasteiger partial charge in [-0.1, -0.05) is 106 Å². The minimum atomic E-state index is -0.881. The number of ketones is 1. The monoisotopic (exact) mass is 549 g/mol. The Morgan fingerprint density at radius 1 is 0.878 bits per heavy atom. The third kappa shape index (κ3) is 7.11. The van der Waals surface area contributed by atoms with Gasteiger partial charge in [0.2, 0.25) is 6.41 Å². The molecule has 4 rings (SSSR count). The molecule has 0 fully saturated rings. The molecule has 2 atom stereocenters. The Morgan fingerprint density at radius 2 is 1.46 bits per heavy atom. The van der Waals surface area contributed by atoms with Crippen LogP contribution in [-0.4, -0.2) is 31.0 Å². The average molecular weight is 550 g/mol. The summed E-state index contributed by atoms with van der Waals surface area (Å²) in [5.41, 5.74) is 6.33. The molecule has 5 heteroatoms. The molecule has 41 heavy (non-hydrogen) atoms. The Bertz CT molecular complexity index is 1400.